The van der Waals surface area contributed by atoms with E-state index in [4.69, 9.17) is 0 Å². The molecule has 0 unspecified atom stereocenters. The summed E-state index contributed by atoms with van der Waals surface area (Å²) in [5, 5.41) is 0. The molecule has 0 spiro atoms. The first-order valence-corrected chi connectivity index (χ1v) is 8.10. The summed E-state index contributed by atoms with van der Waals surface area (Å²) in [4.78, 5) is 0. The van der Waals surface area contributed by atoms with E-state index < -0.39 is 0 Å². The Labute approximate surface area is 127 Å². The largest absolute Gasteiger partial charge is 0.0726 e. The lowest BCUT2D eigenvalue weighted by Crippen LogP contribution is -2.32. The van der Waals surface area contributed by atoms with Gasteiger partial charge in [-0.1, -0.05) is 67.6 Å². The van der Waals surface area contributed by atoms with Crippen LogP contribution in [0.25, 0.3) is 5.57 Å². The van der Waals surface area contributed by atoms with Gasteiger partial charge in [-0.2, -0.15) is 0 Å². The van der Waals surface area contributed by atoms with E-state index in [2.05, 4.69) is 67.6 Å². The maximum atomic E-state index is 2.57. The molecule has 0 heterocycles. The Kier molecular flexibility index (Phi) is 2.99. The number of fused-ring (bicyclic) bond motifs is 3. The van der Waals surface area contributed by atoms with Crippen molar-refractivity contribution in [3.05, 3.63) is 77.4 Å². The molecule has 0 saturated heterocycles. The molecule has 106 valence electrons. The predicted octanol–water partition coefficient (Wildman–Crippen LogP) is 5.60. The van der Waals surface area contributed by atoms with Crippen LogP contribution >= 0.6 is 0 Å². The molecular weight excluding hydrogens is 252 g/mol. The van der Waals surface area contributed by atoms with E-state index in [1.807, 2.05) is 0 Å². The van der Waals surface area contributed by atoms with Gasteiger partial charge in [0.05, 0.1) is 0 Å². The number of allylic oxidation sites excluding steroid dienone is 2. The van der Waals surface area contributed by atoms with Crippen molar-refractivity contribution in [2.45, 2.75) is 38.5 Å². The average molecular weight is 274 g/mol. The lowest BCUT2D eigenvalue weighted by atomic mass is 9.59. The van der Waals surface area contributed by atoms with Crippen molar-refractivity contribution in [3.63, 3.8) is 0 Å². The third-order valence-corrected chi connectivity index (χ3v) is 5.58. The third kappa shape index (κ3) is 2.14. The van der Waals surface area contributed by atoms with Crippen LogP contribution in [0.15, 0.2) is 60.7 Å². The normalized spacial score (nSPS) is 27.5. The fourth-order valence-electron chi connectivity index (χ4n) is 4.19. The summed E-state index contributed by atoms with van der Waals surface area (Å²) in [5.41, 5.74) is 6.52. The molecule has 2 aromatic rings. The molecule has 0 aromatic heterocycles. The van der Waals surface area contributed by atoms with Gasteiger partial charge in [0.1, 0.15) is 0 Å². The van der Waals surface area contributed by atoms with Crippen LogP contribution in [0, 0.1) is 5.41 Å². The Morgan fingerprint density at radius 1 is 0.857 bits per heavy atom. The summed E-state index contributed by atoms with van der Waals surface area (Å²) in [6, 6.07) is 20.0. The molecule has 21 heavy (non-hydrogen) atoms. The van der Waals surface area contributed by atoms with Gasteiger partial charge in [0, 0.05) is 5.92 Å². The van der Waals surface area contributed by atoms with Gasteiger partial charge >= 0.3 is 0 Å². The minimum Gasteiger partial charge on any atom is -0.0726 e. The topological polar surface area (TPSA) is 0 Å². The van der Waals surface area contributed by atoms with E-state index in [0.717, 1.165) is 0 Å². The van der Waals surface area contributed by atoms with E-state index >= 15 is 0 Å². The van der Waals surface area contributed by atoms with Crippen molar-refractivity contribution in [1.29, 1.82) is 0 Å². The van der Waals surface area contributed by atoms with Crippen molar-refractivity contribution < 1.29 is 0 Å². The van der Waals surface area contributed by atoms with E-state index in [-0.39, 0.29) is 0 Å². The molecule has 0 N–H and O–H groups in total. The maximum absolute atomic E-state index is 2.57. The zero-order chi connectivity index (χ0) is 14.3. The molecule has 0 fully saturated rings. The SMILES string of the molecule is C[C@]12CCC(c3ccccc3)=C[C@H]1c1ccccc1CC2. The highest BCUT2D eigenvalue weighted by molar-refractivity contribution is 5.68. The number of benzene rings is 2. The first-order valence-electron chi connectivity index (χ1n) is 8.10. The highest BCUT2D eigenvalue weighted by Crippen LogP contribution is 2.53. The highest BCUT2D eigenvalue weighted by atomic mass is 14.4. The molecule has 0 bridgehead atoms. The predicted molar refractivity (Wildman–Crippen MR) is 89.3 cm³/mol. The van der Waals surface area contributed by atoms with Crippen molar-refractivity contribution in [2.75, 3.05) is 0 Å². The van der Waals surface area contributed by atoms with Gasteiger partial charge in [-0.3, -0.25) is 0 Å². The van der Waals surface area contributed by atoms with E-state index in [9.17, 15) is 0 Å². The van der Waals surface area contributed by atoms with Crippen molar-refractivity contribution >= 4 is 5.57 Å². The van der Waals surface area contributed by atoms with Crippen LogP contribution in [0.4, 0.5) is 0 Å². The molecule has 2 aromatic carbocycles. The average Bonchev–Trinajstić information content (AvgIpc) is 2.55. The monoisotopic (exact) mass is 274 g/mol. The molecule has 2 aliphatic carbocycles. The zero-order valence-corrected chi connectivity index (χ0v) is 12.7. The lowest BCUT2D eigenvalue weighted by molar-refractivity contribution is 0.221. The Balaban J connectivity index is 1.81. The van der Waals surface area contributed by atoms with Crippen LogP contribution in [-0.4, -0.2) is 0 Å². The van der Waals surface area contributed by atoms with Crippen LogP contribution in [0.1, 0.15) is 48.8 Å². The van der Waals surface area contributed by atoms with E-state index in [1.165, 1.54) is 36.8 Å². The minimum atomic E-state index is 0.451. The van der Waals surface area contributed by atoms with Gasteiger partial charge < -0.3 is 0 Å². The van der Waals surface area contributed by atoms with Gasteiger partial charge in [-0.25, -0.2) is 0 Å². The van der Waals surface area contributed by atoms with Crippen molar-refractivity contribution in [1.82, 2.24) is 0 Å². The summed E-state index contributed by atoms with van der Waals surface area (Å²) in [6.07, 6.45) is 7.67. The van der Waals surface area contributed by atoms with Gasteiger partial charge in [0.25, 0.3) is 0 Å². The van der Waals surface area contributed by atoms with Crippen LogP contribution in [-0.2, 0) is 6.42 Å². The first kappa shape index (κ1) is 12.9. The molecule has 0 amide bonds. The first-order chi connectivity index (χ1) is 10.3. The Morgan fingerprint density at radius 2 is 1.57 bits per heavy atom. The smallest absolute Gasteiger partial charge is 0.00808 e. The second-order valence-electron chi connectivity index (χ2n) is 6.89. The summed E-state index contributed by atoms with van der Waals surface area (Å²) in [5.74, 6) is 0.589. The number of hydrogen-bond donors (Lipinski definition) is 0. The number of aryl methyl sites for hydroxylation is 1. The fraction of sp³-hybridized carbons (Fsp3) is 0.333. The molecule has 2 aliphatic rings. The minimum absolute atomic E-state index is 0.451. The quantitative estimate of drug-likeness (QED) is 0.635. The summed E-state index contributed by atoms with van der Waals surface area (Å²) >= 11 is 0. The van der Waals surface area contributed by atoms with Crippen LogP contribution in [0.3, 0.4) is 0 Å². The third-order valence-electron chi connectivity index (χ3n) is 5.58. The van der Waals surface area contributed by atoms with Crippen molar-refractivity contribution in [3.8, 4) is 0 Å². The standard InChI is InChI=1S/C21H22/c1-21-13-11-17-9-5-6-10-19(17)20(21)15-18(12-14-21)16-7-3-2-4-8-16/h2-10,15,20H,11-14H2,1H3/t20-,21-/m0/s1. The van der Waals surface area contributed by atoms with Crippen LogP contribution in [0.5, 0.6) is 0 Å². The van der Waals surface area contributed by atoms with Gasteiger partial charge in [-0.15, -0.1) is 0 Å². The second kappa shape index (κ2) is 4.87. The van der Waals surface area contributed by atoms with Gasteiger partial charge in [-0.05, 0) is 53.4 Å². The molecule has 0 radical (unpaired) electrons. The van der Waals surface area contributed by atoms with Crippen molar-refractivity contribution in [2.24, 2.45) is 5.41 Å². The fourth-order valence-corrected chi connectivity index (χ4v) is 4.19. The van der Waals surface area contributed by atoms with Gasteiger partial charge in [0.2, 0.25) is 0 Å². The lowest BCUT2D eigenvalue weighted by Gasteiger charge is -2.45. The van der Waals surface area contributed by atoms with E-state index in [1.54, 1.807) is 11.1 Å². The molecule has 4 rings (SSSR count). The summed E-state index contributed by atoms with van der Waals surface area (Å²) in [6.45, 7) is 2.49. The molecule has 0 heteroatoms. The molecular formula is C21H22. The summed E-state index contributed by atoms with van der Waals surface area (Å²) in [7, 11) is 0. The molecule has 0 aliphatic heterocycles. The van der Waals surface area contributed by atoms with Crippen LogP contribution < -0.4 is 0 Å². The summed E-state index contributed by atoms with van der Waals surface area (Å²) < 4.78 is 0. The Morgan fingerprint density at radius 3 is 2.43 bits per heavy atom. The maximum Gasteiger partial charge on any atom is 0.00808 e. The molecule has 0 saturated carbocycles. The second-order valence-corrected chi connectivity index (χ2v) is 6.89. The van der Waals surface area contributed by atoms with E-state index in [0.29, 0.717) is 11.3 Å². The molecule has 0 nitrogen and oxygen atoms in total. The zero-order valence-electron chi connectivity index (χ0n) is 12.7. The Bertz CT molecular complexity index is 680. The Hall–Kier alpha value is -1.82. The molecule has 2 atom stereocenters. The number of hydrogen-bond acceptors (Lipinski definition) is 0. The van der Waals surface area contributed by atoms with Gasteiger partial charge in [0.15, 0.2) is 0 Å². The van der Waals surface area contributed by atoms with Crippen LogP contribution in [0.2, 0.25) is 0 Å². The highest BCUT2D eigenvalue weighted by Gasteiger charge is 2.40. The number of rotatable bonds is 1.